The number of hydrogen-bond donors (Lipinski definition) is 1. The number of nitrogens with zero attached hydrogens (tertiary/aromatic N) is 3. The van der Waals surface area contributed by atoms with E-state index in [9.17, 15) is 14.7 Å². The molecule has 8 nitrogen and oxygen atoms in total. The molecule has 1 aromatic heterocycles. The first-order valence-electron chi connectivity index (χ1n) is 8.14. The van der Waals surface area contributed by atoms with Gasteiger partial charge in [-0.1, -0.05) is 0 Å². The predicted octanol–water partition coefficient (Wildman–Crippen LogP) is 0.276. The van der Waals surface area contributed by atoms with Crippen molar-refractivity contribution in [2.45, 2.75) is 38.9 Å². The molecule has 0 radical (unpaired) electrons. The first-order chi connectivity index (χ1) is 11.6. The molecule has 3 aliphatic rings. The summed E-state index contributed by atoms with van der Waals surface area (Å²) in [5.41, 5.74) is 0.754. The minimum atomic E-state index is -0.752. The van der Waals surface area contributed by atoms with Gasteiger partial charge in [-0.2, -0.15) is 0 Å². The van der Waals surface area contributed by atoms with Crippen LogP contribution in [0.4, 0.5) is 0 Å². The van der Waals surface area contributed by atoms with E-state index in [-0.39, 0.29) is 36.2 Å². The fraction of sp³-hybridized carbons (Fsp3) is 0.562. The lowest BCUT2D eigenvalue weighted by atomic mass is 10.0. The lowest BCUT2D eigenvalue weighted by Gasteiger charge is -2.29. The minimum absolute atomic E-state index is 0.129. The zero-order valence-electron chi connectivity index (χ0n) is 13.6. The van der Waals surface area contributed by atoms with Crippen LogP contribution in [0.3, 0.4) is 0 Å². The van der Waals surface area contributed by atoms with E-state index in [1.54, 1.807) is 4.57 Å². The molecule has 0 spiro atoms. The number of likely N-dealkylation sites (N-methyl/N-ethyl adjacent to an activating group) is 1. The van der Waals surface area contributed by atoms with E-state index in [1.807, 2.05) is 18.7 Å². The summed E-state index contributed by atoms with van der Waals surface area (Å²) in [5, 5.41) is 9.93. The van der Waals surface area contributed by atoms with Gasteiger partial charge in [-0.15, -0.1) is 0 Å². The van der Waals surface area contributed by atoms with Gasteiger partial charge in [-0.3, -0.25) is 14.2 Å². The molecule has 24 heavy (non-hydrogen) atoms. The van der Waals surface area contributed by atoms with E-state index in [0.29, 0.717) is 24.6 Å². The summed E-state index contributed by atoms with van der Waals surface area (Å²) in [6.45, 7) is 5.39. The molecule has 0 unspecified atom stereocenters. The Labute approximate surface area is 138 Å². The van der Waals surface area contributed by atoms with Crippen LogP contribution in [0.2, 0.25) is 0 Å². The third kappa shape index (κ3) is 2.00. The number of ketones is 2. The molecular formula is C16H19N3O5. The second kappa shape index (κ2) is 5.51. The van der Waals surface area contributed by atoms with Crippen LogP contribution in [0.1, 0.15) is 46.9 Å². The van der Waals surface area contributed by atoms with Crippen molar-refractivity contribution in [2.75, 3.05) is 19.7 Å². The number of Topliss-reactive ketones (excluding diaryl/α,β-unsaturated/α-hetero) is 1. The van der Waals surface area contributed by atoms with Crippen molar-refractivity contribution in [1.82, 2.24) is 14.5 Å². The van der Waals surface area contributed by atoms with E-state index >= 15 is 0 Å². The molecule has 1 aromatic rings. The van der Waals surface area contributed by atoms with Gasteiger partial charge in [0.15, 0.2) is 6.23 Å². The van der Waals surface area contributed by atoms with Crippen LogP contribution in [0.25, 0.3) is 0 Å². The maximum atomic E-state index is 12.8. The summed E-state index contributed by atoms with van der Waals surface area (Å²) in [6.07, 6.45) is -0.549. The summed E-state index contributed by atoms with van der Waals surface area (Å²) in [7, 11) is 0. The Morgan fingerprint density at radius 3 is 2.79 bits per heavy atom. The smallest absolute Gasteiger partial charge is 0.229 e. The van der Waals surface area contributed by atoms with Gasteiger partial charge in [0.1, 0.15) is 36.0 Å². The number of hydrogen-bond acceptors (Lipinski definition) is 7. The van der Waals surface area contributed by atoms with Crippen molar-refractivity contribution in [1.29, 1.82) is 0 Å². The van der Waals surface area contributed by atoms with E-state index in [4.69, 9.17) is 9.47 Å². The molecule has 4 rings (SSSR count). The third-order valence-corrected chi connectivity index (χ3v) is 4.79. The van der Waals surface area contributed by atoms with Crippen LogP contribution in [0, 0.1) is 0 Å². The number of aromatic nitrogens is 2. The van der Waals surface area contributed by atoms with E-state index in [0.717, 1.165) is 0 Å². The van der Waals surface area contributed by atoms with Crippen molar-refractivity contribution in [3.63, 3.8) is 0 Å². The Balaban J connectivity index is 1.80. The monoisotopic (exact) mass is 333 g/mol. The lowest BCUT2D eigenvalue weighted by Crippen LogP contribution is -2.38. The Morgan fingerprint density at radius 1 is 1.33 bits per heavy atom. The zero-order valence-corrected chi connectivity index (χ0v) is 13.6. The number of ether oxygens (including phenoxy) is 2. The van der Waals surface area contributed by atoms with Gasteiger partial charge in [-0.25, -0.2) is 4.98 Å². The van der Waals surface area contributed by atoms with Gasteiger partial charge in [0.2, 0.25) is 11.6 Å². The average Bonchev–Trinajstić information content (AvgIpc) is 3.14. The van der Waals surface area contributed by atoms with Crippen LogP contribution in [-0.4, -0.2) is 63.0 Å². The summed E-state index contributed by atoms with van der Waals surface area (Å²) >= 11 is 0. The molecule has 3 atom stereocenters. The maximum absolute atomic E-state index is 12.8. The molecule has 1 fully saturated rings. The van der Waals surface area contributed by atoms with Crippen molar-refractivity contribution in [3.05, 3.63) is 29.0 Å². The van der Waals surface area contributed by atoms with Gasteiger partial charge < -0.3 is 19.5 Å². The van der Waals surface area contributed by atoms with Gasteiger partial charge in [-0.05, 0) is 13.8 Å². The van der Waals surface area contributed by atoms with Crippen LogP contribution in [0.15, 0.2) is 11.8 Å². The number of imidazole rings is 1. The minimum Gasteiger partial charge on any atom is -0.388 e. The molecule has 1 N–H and O–H groups in total. The fourth-order valence-corrected chi connectivity index (χ4v) is 3.59. The summed E-state index contributed by atoms with van der Waals surface area (Å²) in [4.78, 5) is 31.7. The van der Waals surface area contributed by atoms with Crippen LogP contribution < -0.4 is 0 Å². The molecule has 1 saturated heterocycles. The molecule has 0 bridgehead atoms. The first kappa shape index (κ1) is 15.5. The Hall–Kier alpha value is -2.03. The largest absolute Gasteiger partial charge is 0.388 e. The van der Waals surface area contributed by atoms with Gasteiger partial charge in [0, 0.05) is 19.2 Å². The quantitative estimate of drug-likeness (QED) is 0.849. The summed E-state index contributed by atoms with van der Waals surface area (Å²) < 4.78 is 12.8. The van der Waals surface area contributed by atoms with Gasteiger partial charge in [0.25, 0.3) is 0 Å². The standard InChI is InChI=1S/C16H19N3O5/c1-3-18(4-2)8-5-9(20)13-12(14(8)22)17-11-7-23-15-10(21)6-24-16(15)19(11)13/h5,10,15-16,21H,3-4,6-7H2,1-2H3/t10-,15-,16+/m1/s1. The van der Waals surface area contributed by atoms with Crippen molar-refractivity contribution in [2.24, 2.45) is 0 Å². The third-order valence-electron chi connectivity index (χ3n) is 4.79. The topological polar surface area (TPSA) is 93.9 Å². The maximum Gasteiger partial charge on any atom is 0.229 e. The van der Waals surface area contributed by atoms with E-state index in [1.165, 1.54) is 6.08 Å². The zero-order chi connectivity index (χ0) is 17.0. The van der Waals surface area contributed by atoms with Crippen molar-refractivity contribution in [3.8, 4) is 0 Å². The molecule has 1 aliphatic carbocycles. The molecule has 0 amide bonds. The predicted molar refractivity (Wildman–Crippen MR) is 81.5 cm³/mol. The molecule has 0 saturated carbocycles. The summed E-state index contributed by atoms with van der Waals surface area (Å²) in [6, 6.07) is 0. The second-order valence-electron chi connectivity index (χ2n) is 6.06. The average molecular weight is 333 g/mol. The fourth-order valence-electron chi connectivity index (χ4n) is 3.59. The highest BCUT2D eigenvalue weighted by molar-refractivity contribution is 6.22. The number of aliphatic hydroxyl groups excluding tert-OH is 1. The first-order valence-corrected chi connectivity index (χ1v) is 8.14. The Kier molecular flexibility index (Phi) is 3.56. The van der Waals surface area contributed by atoms with Crippen LogP contribution in [-0.2, 0) is 16.1 Å². The molecule has 128 valence electrons. The number of carbonyl (C=O) groups excluding carboxylic acids is 2. The molecule has 8 heteroatoms. The number of allylic oxidation sites excluding steroid dienone is 2. The molecule has 3 heterocycles. The molecule has 0 aromatic carbocycles. The number of carbonyl (C=O) groups is 2. The van der Waals surface area contributed by atoms with Crippen LogP contribution >= 0.6 is 0 Å². The van der Waals surface area contributed by atoms with Crippen molar-refractivity contribution < 1.29 is 24.2 Å². The highest BCUT2D eigenvalue weighted by atomic mass is 16.6. The second-order valence-corrected chi connectivity index (χ2v) is 6.06. The number of fused-ring (bicyclic) bond motifs is 5. The highest BCUT2D eigenvalue weighted by Gasteiger charge is 2.46. The van der Waals surface area contributed by atoms with Gasteiger partial charge >= 0.3 is 0 Å². The number of aliphatic hydroxyl groups is 1. The number of rotatable bonds is 3. The van der Waals surface area contributed by atoms with Crippen LogP contribution in [0.5, 0.6) is 0 Å². The summed E-state index contributed by atoms with van der Waals surface area (Å²) in [5.74, 6) is -0.0487. The molecular weight excluding hydrogens is 314 g/mol. The Bertz CT molecular complexity index is 749. The Morgan fingerprint density at radius 2 is 2.08 bits per heavy atom. The highest BCUT2D eigenvalue weighted by Crippen LogP contribution is 2.37. The van der Waals surface area contributed by atoms with Gasteiger partial charge in [0.05, 0.1) is 12.3 Å². The lowest BCUT2D eigenvalue weighted by molar-refractivity contribution is -0.0992. The SMILES string of the molecule is CCN(CC)C1=CC(=O)c2c(nc3n2[C@H]2OC[C@@H](O)[C@H]2OC3)C1=O. The van der Waals surface area contributed by atoms with Crippen molar-refractivity contribution >= 4 is 11.6 Å². The van der Waals surface area contributed by atoms with E-state index < -0.39 is 18.4 Å². The normalized spacial score (nSPS) is 28.3. The van der Waals surface area contributed by atoms with E-state index in [2.05, 4.69) is 4.98 Å². The molecule has 2 aliphatic heterocycles.